The molecule has 0 bridgehead atoms. The molecule has 218 valence electrons. The number of hydrogen-bond acceptors (Lipinski definition) is 7. The third-order valence-electron chi connectivity index (χ3n) is 7.50. The number of aliphatic carboxylic acids is 1. The van der Waals surface area contributed by atoms with E-state index in [1.807, 2.05) is 66.7 Å². The van der Waals surface area contributed by atoms with Crippen molar-refractivity contribution < 1.29 is 38.5 Å². The highest BCUT2D eigenvalue weighted by Gasteiger charge is 2.33. The van der Waals surface area contributed by atoms with Crippen molar-refractivity contribution in [1.29, 1.82) is 0 Å². The third kappa shape index (κ3) is 6.95. The van der Waals surface area contributed by atoms with E-state index < -0.39 is 48.4 Å². The van der Waals surface area contributed by atoms with Crippen molar-refractivity contribution in [3.8, 4) is 11.1 Å². The van der Waals surface area contributed by atoms with Gasteiger partial charge in [0.15, 0.2) is 0 Å². The Kier molecular flexibility index (Phi) is 9.13. The van der Waals surface area contributed by atoms with Crippen LogP contribution < -0.4 is 10.6 Å². The first kappa shape index (κ1) is 28.8. The normalized spacial score (nSPS) is 17.9. The summed E-state index contributed by atoms with van der Waals surface area (Å²) in [5.74, 6) is -3.09. The molecule has 3 aromatic carbocycles. The highest BCUT2D eigenvalue weighted by Crippen LogP contribution is 2.44. The molecular formula is C32H32N2O8. The molecule has 0 radical (unpaired) electrons. The maximum absolute atomic E-state index is 13.1. The van der Waals surface area contributed by atoms with E-state index in [2.05, 4.69) is 10.6 Å². The summed E-state index contributed by atoms with van der Waals surface area (Å²) < 4.78 is 16.4. The fourth-order valence-corrected chi connectivity index (χ4v) is 5.31. The van der Waals surface area contributed by atoms with Crippen molar-refractivity contribution in [2.45, 2.75) is 37.5 Å². The molecule has 10 heteroatoms. The van der Waals surface area contributed by atoms with Gasteiger partial charge in [-0.3, -0.25) is 14.4 Å². The van der Waals surface area contributed by atoms with E-state index in [-0.39, 0.29) is 38.7 Å². The number of carboxylic acids is 1. The number of carbonyl (C=O) groups excluding carboxylic acids is 3. The Morgan fingerprint density at radius 1 is 0.881 bits per heavy atom. The van der Waals surface area contributed by atoms with Crippen LogP contribution in [-0.4, -0.2) is 60.9 Å². The molecule has 2 unspecified atom stereocenters. The third-order valence-corrected chi connectivity index (χ3v) is 7.50. The van der Waals surface area contributed by atoms with E-state index in [0.717, 1.165) is 27.8 Å². The van der Waals surface area contributed by atoms with E-state index >= 15 is 0 Å². The molecule has 1 aliphatic heterocycles. The Labute approximate surface area is 243 Å². The SMILES string of the molecule is O=C(C[C@H](NC(=O)OCC1c2ccccc2-c2ccccc21)C(=O)NCC1CC(C(=O)O)CO1)OCc1ccccc1. The number of nitrogens with one attached hydrogen (secondary N) is 2. The lowest BCUT2D eigenvalue weighted by Crippen LogP contribution is -2.49. The molecule has 0 aromatic heterocycles. The average molecular weight is 573 g/mol. The van der Waals surface area contributed by atoms with Crippen molar-refractivity contribution in [1.82, 2.24) is 10.6 Å². The summed E-state index contributed by atoms with van der Waals surface area (Å²) in [5.41, 5.74) is 5.03. The van der Waals surface area contributed by atoms with Gasteiger partial charge in [0.2, 0.25) is 5.91 Å². The van der Waals surface area contributed by atoms with Crippen LogP contribution in [-0.2, 0) is 35.2 Å². The Morgan fingerprint density at radius 2 is 1.52 bits per heavy atom. The molecule has 5 rings (SSSR count). The fourth-order valence-electron chi connectivity index (χ4n) is 5.31. The number of carboxylic acid groups (broad SMARTS) is 1. The number of ether oxygens (including phenoxy) is 3. The Hall–Kier alpha value is -4.70. The number of fused-ring (bicyclic) bond motifs is 3. The summed E-state index contributed by atoms with van der Waals surface area (Å²) in [6.07, 6.45) is -1.52. The molecule has 1 fully saturated rings. The number of benzene rings is 3. The summed E-state index contributed by atoms with van der Waals surface area (Å²) in [6.45, 7) is 0.151. The van der Waals surface area contributed by atoms with Gasteiger partial charge in [-0.1, -0.05) is 78.9 Å². The summed E-state index contributed by atoms with van der Waals surface area (Å²) in [6, 6.07) is 23.7. The van der Waals surface area contributed by atoms with Crippen molar-refractivity contribution in [2.75, 3.05) is 19.8 Å². The molecule has 1 saturated heterocycles. The van der Waals surface area contributed by atoms with E-state index in [9.17, 15) is 24.3 Å². The first-order valence-electron chi connectivity index (χ1n) is 13.8. The number of rotatable bonds is 11. The van der Waals surface area contributed by atoms with E-state index in [0.29, 0.717) is 0 Å². The lowest BCUT2D eigenvalue weighted by Gasteiger charge is -2.20. The number of esters is 1. The van der Waals surface area contributed by atoms with Gasteiger partial charge in [0.25, 0.3) is 0 Å². The van der Waals surface area contributed by atoms with Gasteiger partial charge < -0.3 is 30.0 Å². The van der Waals surface area contributed by atoms with E-state index in [4.69, 9.17) is 14.2 Å². The first-order valence-corrected chi connectivity index (χ1v) is 13.8. The van der Waals surface area contributed by atoms with Crippen LogP contribution in [0.15, 0.2) is 78.9 Å². The minimum Gasteiger partial charge on any atom is -0.481 e. The van der Waals surface area contributed by atoms with Crippen molar-refractivity contribution >= 4 is 23.9 Å². The minimum absolute atomic E-state index is 0.0193. The quantitative estimate of drug-likeness (QED) is 0.296. The summed E-state index contributed by atoms with van der Waals surface area (Å²) >= 11 is 0. The van der Waals surface area contributed by atoms with Gasteiger partial charge in [-0.25, -0.2) is 4.79 Å². The molecule has 1 heterocycles. The topological polar surface area (TPSA) is 140 Å². The summed E-state index contributed by atoms with van der Waals surface area (Å²) in [5, 5.41) is 14.4. The first-order chi connectivity index (χ1) is 20.4. The van der Waals surface area contributed by atoms with Crippen LogP contribution >= 0.6 is 0 Å². The maximum atomic E-state index is 13.1. The molecular weight excluding hydrogens is 540 g/mol. The zero-order valence-electron chi connectivity index (χ0n) is 22.9. The number of alkyl carbamates (subject to hydrolysis) is 1. The summed E-state index contributed by atoms with van der Waals surface area (Å²) in [4.78, 5) is 49.9. The van der Waals surface area contributed by atoms with Crippen molar-refractivity contribution in [3.05, 3.63) is 95.6 Å². The molecule has 3 N–H and O–H groups in total. The van der Waals surface area contributed by atoms with Gasteiger partial charge in [0.05, 0.1) is 25.0 Å². The van der Waals surface area contributed by atoms with Crippen LogP contribution in [0.2, 0.25) is 0 Å². The highest BCUT2D eigenvalue weighted by atomic mass is 16.6. The summed E-state index contributed by atoms with van der Waals surface area (Å²) in [7, 11) is 0. The van der Waals surface area contributed by atoms with Gasteiger partial charge >= 0.3 is 18.0 Å². The second-order valence-corrected chi connectivity index (χ2v) is 10.3. The fraction of sp³-hybridized carbons (Fsp3) is 0.312. The van der Waals surface area contributed by atoms with Crippen LogP contribution in [0.5, 0.6) is 0 Å². The maximum Gasteiger partial charge on any atom is 0.407 e. The molecule has 2 amide bonds. The number of carbonyl (C=O) groups is 4. The average Bonchev–Trinajstić information content (AvgIpc) is 3.61. The lowest BCUT2D eigenvalue weighted by molar-refractivity contribution is -0.147. The molecule has 3 aromatic rings. The molecule has 10 nitrogen and oxygen atoms in total. The molecule has 2 aliphatic rings. The van der Waals surface area contributed by atoms with Crippen LogP contribution in [0.4, 0.5) is 4.79 Å². The lowest BCUT2D eigenvalue weighted by atomic mass is 9.98. The molecule has 42 heavy (non-hydrogen) atoms. The van der Waals surface area contributed by atoms with Gasteiger partial charge in [0, 0.05) is 12.5 Å². The molecule has 1 aliphatic carbocycles. The zero-order valence-corrected chi connectivity index (χ0v) is 22.9. The smallest absolute Gasteiger partial charge is 0.407 e. The van der Waals surface area contributed by atoms with E-state index in [1.165, 1.54) is 0 Å². The van der Waals surface area contributed by atoms with Crippen molar-refractivity contribution in [2.24, 2.45) is 5.92 Å². The molecule has 3 atom stereocenters. The van der Waals surface area contributed by atoms with Crippen LogP contribution in [0.3, 0.4) is 0 Å². The predicted octanol–water partition coefficient (Wildman–Crippen LogP) is 3.63. The number of amides is 2. The van der Waals surface area contributed by atoms with Crippen LogP contribution in [0.25, 0.3) is 11.1 Å². The second kappa shape index (κ2) is 13.3. The van der Waals surface area contributed by atoms with Gasteiger partial charge in [0.1, 0.15) is 19.3 Å². The standard InChI is InChI=1S/C32H32N2O8/c35-29(41-17-20-8-2-1-3-9-20)15-28(30(36)33-16-22-14-21(18-40-22)31(37)38)34-32(39)42-19-27-25-12-6-4-10-23(25)24-11-5-7-13-26(24)27/h1-13,21-22,27-28H,14-19H2,(H,33,36)(H,34,39)(H,37,38)/t21?,22?,28-/m0/s1. The largest absolute Gasteiger partial charge is 0.481 e. The Morgan fingerprint density at radius 3 is 2.17 bits per heavy atom. The van der Waals surface area contributed by atoms with Gasteiger partial charge in [-0.05, 0) is 34.2 Å². The minimum atomic E-state index is -1.28. The van der Waals surface area contributed by atoms with Crippen molar-refractivity contribution in [3.63, 3.8) is 0 Å². The van der Waals surface area contributed by atoms with Gasteiger partial charge in [-0.2, -0.15) is 0 Å². The zero-order chi connectivity index (χ0) is 29.5. The predicted molar refractivity (Wildman–Crippen MR) is 151 cm³/mol. The highest BCUT2D eigenvalue weighted by molar-refractivity contribution is 5.89. The van der Waals surface area contributed by atoms with E-state index in [1.54, 1.807) is 12.1 Å². The number of hydrogen-bond donors (Lipinski definition) is 3. The molecule has 0 saturated carbocycles. The molecule has 0 spiro atoms. The second-order valence-electron chi connectivity index (χ2n) is 10.3. The Balaban J connectivity index is 1.20. The Bertz CT molecular complexity index is 1400. The van der Waals surface area contributed by atoms with Gasteiger partial charge in [-0.15, -0.1) is 0 Å². The van der Waals surface area contributed by atoms with Crippen LogP contribution in [0, 0.1) is 5.92 Å². The monoisotopic (exact) mass is 572 g/mol. The van der Waals surface area contributed by atoms with Crippen LogP contribution in [0.1, 0.15) is 35.4 Å².